The predicted molar refractivity (Wildman–Crippen MR) is 173 cm³/mol. The van der Waals surface area contributed by atoms with Crippen LogP contribution in [0.4, 0.5) is 24.5 Å². The molecular weight excluding hydrogens is 616 g/mol. The van der Waals surface area contributed by atoms with Crippen LogP contribution in [0.1, 0.15) is 57.2 Å². The number of aliphatic hydroxyl groups is 1. The Morgan fingerprint density at radius 2 is 1.91 bits per heavy atom. The number of likely N-dealkylation sites (N-methyl/N-ethyl adjacent to an activating group) is 1. The fourth-order valence-electron chi connectivity index (χ4n) is 5.60. The second-order valence-corrected chi connectivity index (χ2v) is 13.6. The standard InChI is InChI=1S/C27H24F2N6O3S.C5H13NO/c1-27(2,3)38-26(36)34-24-13(8-30)19-22(31-10-17(28)23(19)39-24)18-16-12-37-11-15(16)14-9-32-25(33-21(14)20(18)29)35-6-4-5-7-35;1-5(7)4-6(2)3/h9-10H,4-7,11-12H2,1-3H3,(H,34,36);5,7H,4H2,1-3H3. The van der Waals surface area contributed by atoms with E-state index in [2.05, 4.69) is 20.3 Å². The molecule has 5 heterocycles. The Kier molecular flexibility index (Phi) is 9.69. The van der Waals surface area contributed by atoms with Crippen molar-refractivity contribution < 1.29 is 28.2 Å². The predicted octanol–water partition coefficient (Wildman–Crippen LogP) is 5.96. The molecule has 3 aromatic heterocycles. The molecule has 14 heteroatoms. The number of fused-ring (bicyclic) bond motifs is 4. The van der Waals surface area contributed by atoms with Gasteiger partial charge in [-0.1, -0.05) is 0 Å². The number of hydrogen-bond donors (Lipinski definition) is 2. The highest BCUT2D eigenvalue weighted by Gasteiger charge is 2.31. The number of thiophene rings is 1. The van der Waals surface area contributed by atoms with Gasteiger partial charge >= 0.3 is 6.09 Å². The van der Waals surface area contributed by atoms with Gasteiger partial charge in [-0.15, -0.1) is 11.3 Å². The number of nitrogens with one attached hydrogen (secondary N) is 1. The molecule has 2 aliphatic heterocycles. The van der Waals surface area contributed by atoms with Crippen molar-refractivity contribution in [3.8, 4) is 17.3 Å². The minimum absolute atomic E-state index is 0.0320. The number of hydrogen-bond acceptors (Lipinski definition) is 11. The minimum Gasteiger partial charge on any atom is -0.444 e. The monoisotopic (exact) mass is 653 g/mol. The van der Waals surface area contributed by atoms with Gasteiger partial charge in [-0.2, -0.15) is 5.26 Å². The molecule has 0 radical (unpaired) electrons. The number of carbonyl (C=O) groups is 1. The number of aromatic nitrogens is 3. The fourth-order valence-corrected chi connectivity index (χ4v) is 6.64. The Balaban J connectivity index is 0.000000537. The lowest BCUT2D eigenvalue weighted by Crippen LogP contribution is -2.27. The summed E-state index contributed by atoms with van der Waals surface area (Å²) in [6.45, 7) is 9.57. The van der Waals surface area contributed by atoms with Crippen LogP contribution in [0, 0.1) is 23.0 Å². The molecule has 1 unspecified atom stereocenters. The summed E-state index contributed by atoms with van der Waals surface area (Å²) >= 11 is 0.865. The van der Waals surface area contributed by atoms with Crippen molar-refractivity contribution in [2.45, 2.75) is 65.5 Å². The van der Waals surface area contributed by atoms with Crippen LogP contribution < -0.4 is 10.2 Å². The molecule has 0 bridgehead atoms. The second kappa shape index (κ2) is 13.4. The van der Waals surface area contributed by atoms with Crippen LogP contribution in [0.5, 0.6) is 0 Å². The number of ether oxygens (including phenoxy) is 2. The van der Waals surface area contributed by atoms with Gasteiger partial charge in [-0.3, -0.25) is 10.3 Å². The maximum absolute atomic E-state index is 16.5. The van der Waals surface area contributed by atoms with Crippen LogP contribution in [0.15, 0.2) is 12.4 Å². The summed E-state index contributed by atoms with van der Waals surface area (Å²) in [6.07, 6.45) is 3.65. The van der Waals surface area contributed by atoms with Crippen molar-refractivity contribution >= 4 is 49.4 Å². The molecule has 2 N–H and O–H groups in total. The van der Waals surface area contributed by atoms with E-state index in [1.807, 2.05) is 30.0 Å². The molecule has 4 aromatic rings. The molecule has 0 aliphatic carbocycles. The van der Waals surface area contributed by atoms with E-state index in [1.165, 1.54) is 0 Å². The van der Waals surface area contributed by atoms with Crippen LogP contribution in [-0.2, 0) is 22.7 Å². The molecule has 11 nitrogen and oxygen atoms in total. The summed E-state index contributed by atoms with van der Waals surface area (Å²) in [4.78, 5) is 29.8. The molecule has 244 valence electrons. The Bertz CT molecular complexity index is 1820. The number of amides is 1. The smallest absolute Gasteiger partial charge is 0.412 e. The van der Waals surface area contributed by atoms with Gasteiger partial charge in [-0.05, 0) is 65.8 Å². The van der Waals surface area contributed by atoms with Crippen molar-refractivity contribution in [2.75, 3.05) is 43.9 Å². The number of nitrogens with zero attached hydrogens (tertiary/aromatic N) is 6. The van der Waals surface area contributed by atoms with Gasteiger partial charge in [0.05, 0.1) is 41.5 Å². The average Bonchev–Trinajstić information content (AvgIpc) is 3.73. The Morgan fingerprint density at radius 3 is 2.52 bits per heavy atom. The Hall–Kier alpha value is -4.03. The molecule has 46 heavy (non-hydrogen) atoms. The molecule has 2 aliphatic rings. The van der Waals surface area contributed by atoms with E-state index in [9.17, 15) is 10.1 Å². The van der Waals surface area contributed by atoms with Crippen LogP contribution in [0.25, 0.3) is 32.2 Å². The first kappa shape index (κ1) is 33.3. The summed E-state index contributed by atoms with van der Waals surface area (Å²) in [5.41, 5.74) is 0.768. The number of anilines is 2. The third-order valence-corrected chi connectivity index (χ3v) is 8.45. The third kappa shape index (κ3) is 6.87. The summed E-state index contributed by atoms with van der Waals surface area (Å²) in [5, 5.41) is 22.0. The average molecular weight is 654 g/mol. The van der Waals surface area contributed by atoms with Crippen LogP contribution >= 0.6 is 11.3 Å². The van der Waals surface area contributed by atoms with Crippen molar-refractivity contribution in [1.82, 2.24) is 19.9 Å². The third-order valence-electron chi connectivity index (χ3n) is 7.34. The highest BCUT2D eigenvalue weighted by atomic mass is 32.1. The van der Waals surface area contributed by atoms with Gasteiger partial charge < -0.3 is 24.4 Å². The summed E-state index contributed by atoms with van der Waals surface area (Å²) in [5.74, 6) is -0.896. The van der Waals surface area contributed by atoms with Gasteiger partial charge in [0.25, 0.3) is 0 Å². The van der Waals surface area contributed by atoms with Gasteiger partial charge in [0.2, 0.25) is 5.95 Å². The molecule has 0 saturated carbocycles. The number of halogens is 2. The minimum atomic E-state index is -0.794. The number of nitriles is 1. The maximum atomic E-state index is 16.5. The van der Waals surface area contributed by atoms with Crippen molar-refractivity contribution in [3.05, 3.63) is 40.7 Å². The Labute approximate surface area is 269 Å². The van der Waals surface area contributed by atoms with Crippen molar-refractivity contribution in [3.63, 3.8) is 0 Å². The summed E-state index contributed by atoms with van der Waals surface area (Å²) < 4.78 is 42.6. The summed E-state index contributed by atoms with van der Waals surface area (Å²) in [7, 11) is 3.87. The van der Waals surface area contributed by atoms with E-state index >= 15 is 8.78 Å². The van der Waals surface area contributed by atoms with Crippen LogP contribution in [0.3, 0.4) is 0 Å². The SMILES string of the molecule is CC(C)(C)OC(=O)Nc1sc2c(F)cnc(-c3c4c(c5cnc(N6CCCC6)nc5c3F)COC4)c2c1C#N.CC(O)CN(C)C. The van der Waals surface area contributed by atoms with E-state index in [1.54, 1.807) is 33.9 Å². The highest BCUT2D eigenvalue weighted by Crippen LogP contribution is 2.45. The lowest BCUT2D eigenvalue weighted by Gasteiger charge is -2.19. The second-order valence-electron chi connectivity index (χ2n) is 12.6. The number of pyridine rings is 1. The molecule has 1 aromatic carbocycles. The van der Waals surface area contributed by atoms with Crippen molar-refractivity contribution in [1.29, 1.82) is 5.26 Å². The number of aliphatic hydroxyl groups excluding tert-OH is 1. The Morgan fingerprint density at radius 1 is 1.22 bits per heavy atom. The number of rotatable bonds is 5. The van der Waals surface area contributed by atoms with Crippen LogP contribution in [-0.4, -0.2) is 76.5 Å². The fraction of sp³-hybridized carbons (Fsp3) is 0.469. The normalized spacial score (nSPS) is 15.1. The first-order valence-corrected chi connectivity index (χ1v) is 15.8. The van der Waals surface area contributed by atoms with E-state index in [4.69, 9.17) is 14.6 Å². The van der Waals surface area contributed by atoms with Gasteiger partial charge in [0.1, 0.15) is 22.2 Å². The van der Waals surface area contributed by atoms with Gasteiger partial charge in [0, 0.05) is 42.2 Å². The zero-order chi connectivity index (χ0) is 33.3. The topological polar surface area (TPSA) is 137 Å². The van der Waals surface area contributed by atoms with E-state index in [0.29, 0.717) is 16.9 Å². The van der Waals surface area contributed by atoms with E-state index in [0.717, 1.165) is 55.6 Å². The first-order valence-electron chi connectivity index (χ1n) is 15.0. The largest absolute Gasteiger partial charge is 0.444 e. The lowest BCUT2D eigenvalue weighted by molar-refractivity contribution is 0.0636. The molecule has 1 fully saturated rings. The first-order chi connectivity index (χ1) is 21.8. The quantitative estimate of drug-likeness (QED) is 0.265. The number of benzene rings is 1. The van der Waals surface area contributed by atoms with Gasteiger partial charge in [-0.25, -0.2) is 23.5 Å². The molecule has 1 saturated heterocycles. The zero-order valence-corrected chi connectivity index (χ0v) is 27.5. The van der Waals surface area contributed by atoms with E-state index < -0.39 is 23.3 Å². The highest BCUT2D eigenvalue weighted by molar-refractivity contribution is 7.23. The van der Waals surface area contributed by atoms with Crippen molar-refractivity contribution in [2.24, 2.45) is 0 Å². The zero-order valence-electron chi connectivity index (χ0n) is 26.7. The lowest BCUT2D eigenvalue weighted by atomic mass is 9.94. The maximum Gasteiger partial charge on any atom is 0.412 e. The van der Waals surface area contributed by atoms with E-state index in [-0.39, 0.29) is 56.7 Å². The summed E-state index contributed by atoms with van der Waals surface area (Å²) in [6, 6.07) is 2.04. The molecule has 1 atom stereocenters. The number of carbonyl (C=O) groups excluding carboxylic acids is 1. The molecular formula is C32H37F2N7O4S. The molecule has 0 spiro atoms. The molecule has 6 rings (SSSR count). The van der Waals surface area contributed by atoms with Gasteiger partial charge in [0.15, 0.2) is 11.6 Å². The van der Waals surface area contributed by atoms with Crippen LogP contribution in [0.2, 0.25) is 0 Å². The molecule has 1 amide bonds.